The molecule has 1 heterocycles. The molecular weight excluding hydrogens is 496 g/mol. The van der Waals surface area contributed by atoms with E-state index in [2.05, 4.69) is 5.32 Å². The standard InChI is InChI=1S/C30H38N4O3S/c1-30(2,31)17-11-16-27(35)33(4)25(19-22-20-38-26-15-10-9-14-23(22)26)29(37)34(5)24(28(36)32-3)18-21-12-7-6-8-13-21/h6-16,20,24-25H,17-19,31H2,1-5H3,(H,32,36)/b16-11+/t24-,25-/m1/s1. The smallest absolute Gasteiger partial charge is 0.246 e. The van der Waals surface area contributed by atoms with Crippen molar-refractivity contribution >= 4 is 39.1 Å². The summed E-state index contributed by atoms with van der Waals surface area (Å²) in [6, 6.07) is 16.1. The van der Waals surface area contributed by atoms with Crippen LogP contribution in [0, 0.1) is 0 Å². The van der Waals surface area contributed by atoms with Crippen molar-refractivity contribution in [1.29, 1.82) is 0 Å². The van der Waals surface area contributed by atoms with Crippen LogP contribution in [-0.4, -0.2) is 66.3 Å². The van der Waals surface area contributed by atoms with Gasteiger partial charge < -0.3 is 20.9 Å². The fourth-order valence-electron chi connectivity index (χ4n) is 4.32. The van der Waals surface area contributed by atoms with Gasteiger partial charge in [-0.25, -0.2) is 0 Å². The molecule has 0 bridgehead atoms. The molecular formula is C30H38N4O3S. The van der Waals surface area contributed by atoms with Crippen molar-refractivity contribution in [2.24, 2.45) is 5.73 Å². The molecule has 3 rings (SSSR count). The molecule has 0 fully saturated rings. The largest absolute Gasteiger partial charge is 0.357 e. The number of carbonyl (C=O) groups is 3. The van der Waals surface area contributed by atoms with Crippen molar-refractivity contribution in [3.63, 3.8) is 0 Å². The molecule has 3 amide bonds. The summed E-state index contributed by atoms with van der Waals surface area (Å²) in [4.78, 5) is 43.1. The van der Waals surface area contributed by atoms with Gasteiger partial charge in [0.15, 0.2) is 0 Å². The molecule has 0 aliphatic rings. The van der Waals surface area contributed by atoms with Gasteiger partial charge in [0.25, 0.3) is 0 Å². The number of benzene rings is 2. The first-order valence-corrected chi connectivity index (χ1v) is 13.6. The molecule has 0 radical (unpaired) electrons. The maximum absolute atomic E-state index is 14.0. The van der Waals surface area contributed by atoms with Crippen LogP contribution < -0.4 is 11.1 Å². The Bertz CT molecular complexity index is 1280. The van der Waals surface area contributed by atoms with Crippen LogP contribution in [0.5, 0.6) is 0 Å². The van der Waals surface area contributed by atoms with Crippen molar-refractivity contribution in [2.45, 2.75) is 50.7 Å². The second-order valence-corrected chi connectivity index (χ2v) is 11.2. The van der Waals surface area contributed by atoms with Crippen LogP contribution >= 0.6 is 11.3 Å². The first-order chi connectivity index (χ1) is 18.0. The molecule has 0 aliphatic heterocycles. The van der Waals surface area contributed by atoms with Gasteiger partial charge in [-0.3, -0.25) is 14.4 Å². The molecule has 3 N–H and O–H groups in total. The Kier molecular flexibility index (Phi) is 9.83. The maximum atomic E-state index is 14.0. The molecule has 3 aromatic rings. The molecule has 2 atom stereocenters. The minimum atomic E-state index is -0.802. The highest BCUT2D eigenvalue weighted by Gasteiger charge is 2.35. The number of carbonyl (C=O) groups excluding carboxylic acids is 3. The molecule has 8 heteroatoms. The van der Waals surface area contributed by atoms with Crippen molar-refractivity contribution in [1.82, 2.24) is 15.1 Å². The molecule has 7 nitrogen and oxygen atoms in total. The second-order valence-electron chi connectivity index (χ2n) is 10.3. The summed E-state index contributed by atoms with van der Waals surface area (Å²) in [5.74, 6) is -0.850. The average Bonchev–Trinajstić information content (AvgIpc) is 3.31. The number of nitrogens with two attached hydrogens (primary N) is 1. The third kappa shape index (κ3) is 7.52. The Morgan fingerprint density at radius 1 is 0.974 bits per heavy atom. The predicted molar refractivity (Wildman–Crippen MR) is 155 cm³/mol. The first-order valence-electron chi connectivity index (χ1n) is 12.7. The minimum Gasteiger partial charge on any atom is -0.357 e. The quantitative estimate of drug-likeness (QED) is 0.366. The van der Waals surface area contributed by atoms with Crippen LogP contribution in [0.25, 0.3) is 10.1 Å². The van der Waals surface area contributed by atoms with Gasteiger partial charge in [0.2, 0.25) is 17.7 Å². The normalized spacial score (nSPS) is 13.3. The number of hydrogen-bond donors (Lipinski definition) is 2. The van der Waals surface area contributed by atoms with E-state index in [1.54, 1.807) is 38.6 Å². The zero-order valence-electron chi connectivity index (χ0n) is 22.8. The Labute approximate surface area is 229 Å². The van der Waals surface area contributed by atoms with Gasteiger partial charge in [-0.05, 0) is 54.3 Å². The van der Waals surface area contributed by atoms with Gasteiger partial charge in [-0.2, -0.15) is 0 Å². The predicted octanol–water partition coefficient (Wildman–Crippen LogP) is 3.77. The Morgan fingerprint density at radius 2 is 1.63 bits per heavy atom. The van der Waals surface area contributed by atoms with E-state index in [1.165, 1.54) is 15.9 Å². The van der Waals surface area contributed by atoms with Crippen molar-refractivity contribution in [2.75, 3.05) is 21.1 Å². The number of hydrogen-bond acceptors (Lipinski definition) is 5. The van der Waals surface area contributed by atoms with Gasteiger partial charge in [0.1, 0.15) is 12.1 Å². The van der Waals surface area contributed by atoms with Crippen LogP contribution in [-0.2, 0) is 27.2 Å². The summed E-state index contributed by atoms with van der Waals surface area (Å²) in [6.45, 7) is 3.78. The highest BCUT2D eigenvalue weighted by Crippen LogP contribution is 2.28. The van der Waals surface area contributed by atoms with Gasteiger partial charge in [0.05, 0.1) is 0 Å². The highest BCUT2D eigenvalue weighted by molar-refractivity contribution is 7.17. The van der Waals surface area contributed by atoms with Gasteiger partial charge >= 0.3 is 0 Å². The van der Waals surface area contributed by atoms with Crippen molar-refractivity contribution in [3.8, 4) is 0 Å². The lowest BCUT2D eigenvalue weighted by atomic mass is 9.99. The number of likely N-dealkylation sites (N-methyl/N-ethyl adjacent to an activating group) is 3. The first kappa shape index (κ1) is 29.1. The minimum absolute atomic E-state index is 0.261. The summed E-state index contributed by atoms with van der Waals surface area (Å²) in [7, 11) is 4.83. The summed E-state index contributed by atoms with van der Waals surface area (Å²) in [5, 5.41) is 5.79. The Balaban J connectivity index is 1.93. The van der Waals surface area contributed by atoms with Gasteiger partial charge in [-0.1, -0.05) is 54.6 Å². The Morgan fingerprint density at radius 3 is 2.29 bits per heavy atom. The van der Waals surface area contributed by atoms with Crippen LogP contribution in [0.4, 0.5) is 0 Å². The molecule has 0 spiro atoms. The van der Waals surface area contributed by atoms with Crippen LogP contribution in [0.2, 0.25) is 0 Å². The molecule has 2 aromatic carbocycles. The molecule has 0 aliphatic carbocycles. The van der Waals surface area contributed by atoms with E-state index < -0.39 is 17.6 Å². The number of rotatable bonds is 11. The third-order valence-corrected chi connectivity index (χ3v) is 7.63. The molecule has 0 saturated heterocycles. The van der Waals surface area contributed by atoms with E-state index in [9.17, 15) is 14.4 Å². The summed E-state index contributed by atoms with van der Waals surface area (Å²) >= 11 is 1.61. The second kappa shape index (κ2) is 12.8. The number of thiophene rings is 1. The van der Waals surface area contributed by atoms with E-state index in [1.807, 2.05) is 73.8 Å². The van der Waals surface area contributed by atoms with Gasteiger partial charge in [-0.15, -0.1) is 11.3 Å². The molecule has 202 valence electrons. The number of fused-ring (bicyclic) bond motifs is 1. The summed E-state index contributed by atoms with van der Waals surface area (Å²) in [5.41, 5.74) is 7.54. The van der Waals surface area contributed by atoms with E-state index >= 15 is 0 Å². The average molecular weight is 535 g/mol. The lowest BCUT2D eigenvalue weighted by Crippen LogP contribution is -2.55. The van der Waals surface area contributed by atoms with Crippen LogP contribution in [0.15, 0.2) is 72.1 Å². The summed E-state index contributed by atoms with van der Waals surface area (Å²) < 4.78 is 1.12. The molecule has 0 saturated carbocycles. The molecule has 1 aromatic heterocycles. The van der Waals surface area contributed by atoms with E-state index in [0.717, 1.165) is 21.2 Å². The molecule has 38 heavy (non-hydrogen) atoms. The zero-order valence-corrected chi connectivity index (χ0v) is 23.6. The van der Waals surface area contributed by atoms with Gasteiger partial charge in [0, 0.05) is 44.2 Å². The monoisotopic (exact) mass is 534 g/mol. The number of nitrogens with one attached hydrogen (secondary N) is 1. The third-order valence-electron chi connectivity index (χ3n) is 6.62. The number of amides is 3. The summed E-state index contributed by atoms with van der Waals surface area (Å²) in [6.07, 6.45) is 4.43. The number of nitrogens with zero attached hydrogens (tertiary/aromatic N) is 2. The maximum Gasteiger partial charge on any atom is 0.246 e. The Hall–Kier alpha value is -3.49. The van der Waals surface area contributed by atoms with Crippen molar-refractivity contribution in [3.05, 3.63) is 83.3 Å². The highest BCUT2D eigenvalue weighted by atomic mass is 32.1. The van der Waals surface area contributed by atoms with E-state index in [0.29, 0.717) is 19.3 Å². The van der Waals surface area contributed by atoms with E-state index in [4.69, 9.17) is 5.73 Å². The SMILES string of the molecule is CNC(=O)[C@@H](Cc1ccccc1)N(C)C(=O)[C@@H](Cc1csc2ccccc12)N(C)C(=O)/C=C/CC(C)(C)N. The van der Waals surface area contributed by atoms with Crippen LogP contribution in [0.3, 0.4) is 0 Å². The lowest BCUT2D eigenvalue weighted by Gasteiger charge is -2.34. The topological polar surface area (TPSA) is 95.7 Å². The fraction of sp³-hybridized carbons (Fsp3) is 0.367. The fourth-order valence-corrected chi connectivity index (χ4v) is 5.30. The zero-order chi connectivity index (χ0) is 27.9. The lowest BCUT2D eigenvalue weighted by molar-refractivity contribution is -0.146. The van der Waals surface area contributed by atoms with Crippen LogP contribution in [0.1, 0.15) is 31.4 Å². The van der Waals surface area contributed by atoms with Crippen molar-refractivity contribution < 1.29 is 14.4 Å². The molecule has 0 unspecified atom stereocenters. The van der Waals surface area contributed by atoms with E-state index in [-0.39, 0.29) is 17.7 Å².